The molecule has 2 aromatic carbocycles. The van der Waals surface area contributed by atoms with E-state index in [1.54, 1.807) is 0 Å². The summed E-state index contributed by atoms with van der Waals surface area (Å²) in [6.45, 7) is 5.81. The number of phenolic OH excluding ortho intramolecular Hbond substituents is 1. The van der Waals surface area contributed by atoms with Crippen LogP contribution in [0.1, 0.15) is 12.5 Å². The average Bonchev–Trinajstić information content (AvgIpc) is 2.51. The predicted molar refractivity (Wildman–Crippen MR) is 81.2 cm³/mol. The molecule has 0 amide bonds. The zero-order chi connectivity index (χ0) is 13.9. The van der Waals surface area contributed by atoms with Gasteiger partial charge in [-0.25, -0.2) is 0 Å². The van der Waals surface area contributed by atoms with Crippen LogP contribution in [0.5, 0.6) is 5.75 Å². The summed E-state index contributed by atoms with van der Waals surface area (Å²) in [5.41, 5.74) is 1.03. The SMILES string of the molecule is CC(Cc1ccc2ccccc2c1O)N1CCOCC1. The second kappa shape index (κ2) is 5.81. The first kappa shape index (κ1) is 13.4. The summed E-state index contributed by atoms with van der Waals surface area (Å²) in [5, 5.41) is 12.5. The van der Waals surface area contributed by atoms with E-state index in [2.05, 4.69) is 24.0 Å². The largest absolute Gasteiger partial charge is 0.507 e. The highest BCUT2D eigenvalue weighted by Gasteiger charge is 2.18. The van der Waals surface area contributed by atoms with Gasteiger partial charge < -0.3 is 9.84 Å². The van der Waals surface area contributed by atoms with E-state index < -0.39 is 0 Å². The lowest BCUT2D eigenvalue weighted by molar-refractivity contribution is 0.0203. The van der Waals surface area contributed by atoms with Crippen molar-refractivity contribution in [2.24, 2.45) is 0 Å². The molecule has 0 bridgehead atoms. The third kappa shape index (κ3) is 2.65. The van der Waals surface area contributed by atoms with Crippen molar-refractivity contribution in [1.82, 2.24) is 4.90 Å². The van der Waals surface area contributed by atoms with Crippen molar-refractivity contribution in [2.45, 2.75) is 19.4 Å². The smallest absolute Gasteiger partial charge is 0.126 e. The number of benzene rings is 2. The Morgan fingerprint density at radius 2 is 1.90 bits per heavy atom. The summed E-state index contributed by atoms with van der Waals surface area (Å²) in [6, 6.07) is 12.5. The molecular weight excluding hydrogens is 250 g/mol. The maximum absolute atomic E-state index is 10.5. The molecule has 1 heterocycles. The fourth-order valence-electron chi connectivity index (χ4n) is 2.93. The number of hydrogen-bond donors (Lipinski definition) is 1. The van der Waals surface area contributed by atoms with Crippen LogP contribution in [0.15, 0.2) is 36.4 Å². The van der Waals surface area contributed by atoms with Gasteiger partial charge in [0.1, 0.15) is 5.75 Å². The molecule has 0 radical (unpaired) electrons. The van der Waals surface area contributed by atoms with E-state index in [1.165, 1.54) is 0 Å². The van der Waals surface area contributed by atoms with Gasteiger partial charge in [-0.05, 0) is 24.3 Å². The number of ether oxygens (including phenoxy) is 1. The van der Waals surface area contributed by atoms with Gasteiger partial charge in [0, 0.05) is 24.5 Å². The van der Waals surface area contributed by atoms with Crippen LogP contribution in [-0.4, -0.2) is 42.4 Å². The molecule has 0 aliphatic carbocycles. The maximum atomic E-state index is 10.5. The topological polar surface area (TPSA) is 32.7 Å². The van der Waals surface area contributed by atoms with Crippen molar-refractivity contribution in [1.29, 1.82) is 0 Å². The van der Waals surface area contributed by atoms with Gasteiger partial charge in [-0.1, -0.05) is 36.4 Å². The molecule has 0 aromatic heterocycles. The van der Waals surface area contributed by atoms with Crippen LogP contribution in [0.25, 0.3) is 10.8 Å². The first-order chi connectivity index (χ1) is 9.75. The summed E-state index contributed by atoms with van der Waals surface area (Å²) in [6.07, 6.45) is 0.872. The number of hydrogen-bond acceptors (Lipinski definition) is 3. The summed E-state index contributed by atoms with van der Waals surface area (Å²) >= 11 is 0. The van der Waals surface area contributed by atoms with Gasteiger partial charge in [-0.2, -0.15) is 0 Å². The zero-order valence-corrected chi connectivity index (χ0v) is 11.9. The molecule has 3 heteroatoms. The highest BCUT2D eigenvalue weighted by molar-refractivity contribution is 5.89. The molecule has 1 aliphatic rings. The third-order valence-corrected chi connectivity index (χ3v) is 4.17. The van der Waals surface area contributed by atoms with Crippen molar-refractivity contribution in [2.75, 3.05) is 26.3 Å². The van der Waals surface area contributed by atoms with Crippen molar-refractivity contribution >= 4 is 10.8 Å². The first-order valence-electron chi connectivity index (χ1n) is 7.27. The van der Waals surface area contributed by atoms with Crippen LogP contribution in [0.4, 0.5) is 0 Å². The van der Waals surface area contributed by atoms with Gasteiger partial charge in [0.25, 0.3) is 0 Å². The van der Waals surface area contributed by atoms with Crippen molar-refractivity contribution < 1.29 is 9.84 Å². The molecule has 1 aliphatic heterocycles. The lowest BCUT2D eigenvalue weighted by Gasteiger charge is -2.32. The second-order valence-corrected chi connectivity index (χ2v) is 5.50. The molecule has 0 spiro atoms. The Kier molecular flexibility index (Phi) is 3.90. The van der Waals surface area contributed by atoms with Crippen molar-refractivity contribution in [3.8, 4) is 5.75 Å². The fourth-order valence-corrected chi connectivity index (χ4v) is 2.93. The standard InChI is InChI=1S/C17H21NO2/c1-13(18-8-10-20-11-9-18)12-15-7-6-14-4-2-3-5-16(14)17(15)19/h2-7,13,19H,8-12H2,1H3. The number of rotatable bonds is 3. The van der Waals surface area contributed by atoms with Gasteiger partial charge in [-0.3, -0.25) is 4.90 Å². The molecule has 3 nitrogen and oxygen atoms in total. The number of fused-ring (bicyclic) bond motifs is 1. The Morgan fingerprint density at radius 1 is 1.15 bits per heavy atom. The number of phenols is 1. The van der Waals surface area contributed by atoms with Crippen LogP contribution >= 0.6 is 0 Å². The molecular formula is C17H21NO2. The summed E-state index contributed by atoms with van der Waals surface area (Å²) in [4.78, 5) is 2.43. The highest BCUT2D eigenvalue weighted by atomic mass is 16.5. The van der Waals surface area contributed by atoms with Crippen LogP contribution in [0.2, 0.25) is 0 Å². The van der Waals surface area contributed by atoms with E-state index in [-0.39, 0.29) is 0 Å². The molecule has 1 unspecified atom stereocenters. The molecule has 1 saturated heterocycles. The molecule has 106 valence electrons. The van der Waals surface area contributed by atoms with Gasteiger partial charge in [-0.15, -0.1) is 0 Å². The zero-order valence-electron chi connectivity index (χ0n) is 11.9. The molecule has 1 N–H and O–H groups in total. The Balaban J connectivity index is 1.81. The average molecular weight is 271 g/mol. The highest BCUT2D eigenvalue weighted by Crippen LogP contribution is 2.29. The molecule has 20 heavy (non-hydrogen) atoms. The number of aromatic hydroxyl groups is 1. The monoisotopic (exact) mass is 271 g/mol. The minimum Gasteiger partial charge on any atom is -0.507 e. The predicted octanol–water partition coefficient (Wildman–Crippen LogP) is 2.81. The molecule has 1 atom stereocenters. The van der Waals surface area contributed by atoms with E-state index in [9.17, 15) is 5.11 Å². The maximum Gasteiger partial charge on any atom is 0.126 e. The Hall–Kier alpha value is -1.58. The van der Waals surface area contributed by atoms with E-state index >= 15 is 0 Å². The molecule has 2 aromatic rings. The molecule has 0 saturated carbocycles. The Bertz CT molecular complexity index is 591. The normalized spacial score (nSPS) is 18.2. The molecule has 1 fully saturated rings. The summed E-state index contributed by atoms with van der Waals surface area (Å²) < 4.78 is 5.39. The van der Waals surface area contributed by atoms with Crippen LogP contribution < -0.4 is 0 Å². The number of nitrogens with zero attached hydrogens (tertiary/aromatic N) is 1. The van der Waals surface area contributed by atoms with Crippen LogP contribution in [-0.2, 0) is 11.2 Å². The minimum atomic E-state index is 0.422. The van der Waals surface area contributed by atoms with E-state index in [0.29, 0.717) is 11.8 Å². The lowest BCUT2D eigenvalue weighted by Crippen LogP contribution is -2.43. The number of morpholine rings is 1. The summed E-state index contributed by atoms with van der Waals surface area (Å²) in [5.74, 6) is 0.434. The van der Waals surface area contributed by atoms with Gasteiger partial charge >= 0.3 is 0 Å². The van der Waals surface area contributed by atoms with Gasteiger partial charge in [0.15, 0.2) is 0 Å². The Labute approximate surface area is 119 Å². The van der Waals surface area contributed by atoms with E-state index in [0.717, 1.165) is 49.1 Å². The fraction of sp³-hybridized carbons (Fsp3) is 0.412. The lowest BCUT2D eigenvalue weighted by atomic mass is 10.00. The quantitative estimate of drug-likeness (QED) is 0.931. The van der Waals surface area contributed by atoms with Crippen molar-refractivity contribution in [3.05, 3.63) is 42.0 Å². The summed E-state index contributed by atoms with van der Waals surface area (Å²) in [7, 11) is 0. The van der Waals surface area contributed by atoms with Crippen molar-refractivity contribution in [3.63, 3.8) is 0 Å². The van der Waals surface area contributed by atoms with E-state index in [1.807, 2.05) is 24.3 Å². The third-order valence-electron chi connectivity index (χ3n) is 4.17. The molecule has 3 rings (SSSR count). The van der Waals surface area contributed by atoms with Gasteiger partial charge in [0.2, 0.25) is 0 Å². The second-order valence-electron chi connectivity index (χ2n) is 5.50. The van der Waals surface area contributed by atoms with E-state index in [4.69, 9.17) is 4.74 Å². The first-order valence-corrected chi connectivity index (χ1v) is 7.27. The van der Waals surface area contributed by atoms with Crippen LogP contribution in [0, 0.1) is 0 Å². The van der Waals surface area contributed by atoms with Gasteiger partial charge in [0.05, 0.1) is 13.2 Å². The minimum absolute atomic E-state index is 0.422. The Morgan fingerprint density at radius 3 is 2.70 bits per heavy atom. The van der Waals surface area contributed by atoms with Crippen LogP contribution in [0.3, 0.4) is 0 Å².